The number of alkyl halides is 1. The van der Waals surface area contributed by atoms with E-state index < -0.39 is 4.92 Å². The predicted octanol–water partition coefficient (Wildman–Crippen LogP) is 4.77. The first-order valence-electron chi connectivity index (χ1n) is 5.70. The SMILES string of the molecule is O=[N+]([O-])c1ccc(CC(Cl)c2ccccc2)c(Cl)c1. The summed E-state index contributed by atoms with van der Waals surface area (Å²) in [5, 5.41) is 10.8. The lowest BCUT2D eigenvalue weighted by Crippen LogP contribution is -1.97. The average Bonchev–Trinajstić information content (AvgIpc) is 2.41. The van der Waals surface area contributed by atoms with Crippen molar-refractivity contribution in [2.45, 2.75) is 11.8 Å². The number of benzene rings is 2. The molecule has 2 aromatic rings. The predicted molar refractivity (Wildman–Crippen MR) is 76.8 cm³/mol. The minimum atomic E-state index is -0.467. The van der Waals surface area contributed by atoms with Crippen LogP contribution >= 0.6 is 23.2 Å². The molecule has 3 nitrogen and oxygen atoms in total. The summed E-state index contributed by atoms with van der Waals surface area (Å²) >= 11 is 12.4. The Balaban J connectivity index is 2.18. The Morgan fingerprint density at radius 1 is 1.16 bits per heavy atom. The third-order valence-electron chi connectivity index (χ3n) is 2.81. The minimum absolute atomic E-state index is 0.0143. The van der Waals surface area contributed by atoms with Gasteiger partial charge in [-0.3, -0.25) is 10.1 Å². The van der Waals surface area contributed by atoms with Gasteiger partial charge in [-0.15, -0.1) is 11.6 Å². The maximum Gasteiger partial charge on any atom is 0.270 e. The van der Waals surface area contributed by atoms with Crippen LogP contribution in [0, 0.1) is 10.1 Å². The monoisotopic (exact) mass is 295 g/mol. The van der Waals surface area contributed by atoms with Crippen LogP contribution in [-0.4, -0.2) is 4.92 Å². The molecule has 0 radical (unpaired) electrons. The maximum absolute atomic E-state index is 10.6. The lowest BCUT2D eigenvalue weighted by Gasteiger charge is -2.11. The summed E-state index contributed by atoms with van der Waals surface area (Å²) in [6.07, 6.45) is 0.530. The Hall–Kier alpha value is -1.58. The normalized spacial score (nSPS) is 12.1. The van der Waals surface area contributed by atoms with Crippen molar-refractivity contribution in [3.63, 3.8) is 0 Å². The zero-order valence-corrected chi connectivity index (χ0v) is 11.4. The summed E-state index contributed by atoms with van der Waals surface area (Å²) in [5.74, 6) is 0. The van der Waals surface area contributed by atoms with Gasteiger partial charge >= 0.3 is 0 Å². The van der Waals surface area contributed by atoms with Crippen LogP contribution in [0.4, 0.5) is 5.69 Å². The quantitative estimate of drug-likeness (QED) is 0.463. The van der Waals surface area contributed by atoms with Crippen molar-refractivity contribution in [2.75, 3.05) is 0 Å². The van der Waals surface area contributed by atoms with Gasteiger partial charge in [0, 0.05) is 12.1 Å². The Labute approximate surface area is 120 Å². The highest BCUT2D eigenvalue weighted by Crippen LogP contribution is 2.30. The summed E-state index contributed by atoms with van der Waals surface area (Å²) in [6, 6.07) is 14.1. The number of nitro benzene ring substituents is 1. The molecule has 0 heterocycles. The van der Waals surface area contributed by atoms with E-state index in [0.717, 1.165) is 11.1 Å². The first-order valence-corrected chi connectivity index (χ1v) is 6.51. The van der Waals surface area contributed by atoms with Crippen LogP contribution in [0.25, 0.3) is 0 Å². The van der Waals surface area contributed by atoms with E-state index in [1.54, 1.807) is 6.07 Å². The van der Waals surface area contributed by atoms with Gasteiger partial charge in [0.1, 0.15) is 0 Å². The third kappa shape index (κ3) is 3.46. The largest absolute Gasteiger partial charge is 0.270 e. The molecule has 0 spiro atoms. The van der Waals surface area contributed by atoms with Gasteiger partial charge in [0.25, 0.3) is 5.69 Å². The van der Waals surface area contributed by atoms with Gasteiger partial charge in [0.15, 0.2) is 0 Å². The van der Waals surface area contributed by atoms with Crippen LogP contribution in [0.2, 0.25) is 5.02 Å². The zero-order valence-electron chi connectivity index (χ0n) is 9.92. The molecular formula is C14H11Cl2NO2. The summed E-state index contributed by atoms with van der Waals surface area (Å²) in [4.78, 5) is 10.2. The molecule has 2 aromatic carbocycles. The van der Waals surface area contributed by atoms with Crippen molar-refractivity contribution >= 4 is 28.9 Å². The van der Waals surface area contributed by atoms with Crippen LogP contribution in [0.1, 0.15) is 16.5 Å². The summed E-state index contributed by atoms with van der Waals surface area (Å²) in [5.41, 5.74) is 1.79. The fraction of sp³-hybridized carbons (Fsp3) is 0.143. The number of nitrogens with zero attached hydrogens (tertiary/aromatic N) is 1. The topological polar surface area (TPSA) is 43.1 Å². The van der Waals surface area contributed by atoms with Crippen LogP contribution in [0.15, 0.2) is 48.5 Å². The Morgan fingerprint density at radius 2 is 1.84 bits per heavy atom. The molecule has 0 aromatic heterocycles. The number of hydrogen-bond donors (Lipinski definition) is 0. The molecule has 0 amide bonds. The van der Waals surface area contributed by atoms with Crippen molar-refractivity contribution < 1.29 is 4.92 Å². The van der Waals surface area contributed by atoms with Crippen molar-refractivity contribution in [1.29, 1.82) is 0 Å². The van der Waals surface area contributed by atoms with Gasteiger partial charge in [0.05, 0.1) is 15.3 Å². The van der Waals surface area contributed by atoms with E-state index in [9.17, 15) is 10.1 Å². The van der Waals surface area contributed by atoms with E-state index in [1.165, 1.54) is 12.1 Å². The number of hydrogen-bond acceptors (Lipinski definition) is 2. The van der Waals surface area contributed by atoms with Gasteiger partial charge < -0.3 is 0 Å². The minimum Gasteiger partial charge on any atom is -0.258 e. The molecule has 19 heavy (non-hydrogen) atoms. The molecule has 1 unspecified atom stereocenters. The van der Waals surface area contributed by atoms with Crippen LogP contribution in [0.3, 0.4) is 0 Å². The number of rotatable bonds is 4. The molecule has 5 heteroatoms. The summed E-state index contributed by atoms with van der Waals surface area (Å²) in [6.45, 7) is 0. The van der Waals surface area contributed by atoms with Crippen molar-refractivity contribution in [3.8, 4) is 0 Å². The molecule has 0 saturated carbocycles. The average molecular weight is 296 g/mol. The molecule has 0 aliphatic rings. The lowest BCUT2D eigenvalue weighted by atomic mass is 10.0. The highest BCUT2D eigenvalue weighted by atomic mass is 35.5. The number of nitro groups is 1. The van der Waals surface area contributed by atoms with Crippen LogP contribution in [0.5, 0.6) is 0 Å². The van der Waals surface area contributed by atoms with E-state index in [1.807, 2.05) is 30.3 Å². The van der Waals surface area contributed by atoms with E-state index in [-0.39, 0.29) is 11.1 Å². The third-order valence-corrected chi connectivity index (χ3v) is 3.57. The van der Waals surface area contributed by atoms with Crippen molar-refractivity contribution in [2.24, 2.45) is 0 Å². The first kappa shape index (κ1) is 13.8. The second-order valence-electron chi connectivity index (χ2n) is 4.12. The summed E-state index contributed by atoms with van der Waals surface area (Å²) in [7, 11) is 0. The maximum atomic E-state index is 10.6. The summed E-state index contributed by atoms with van der Waals surface area (Å²) < 4.78 is 0. The second kappa shape index (κ2) is 6.04. The molecule has 98 valence electrons. The van der Waals surface area contributed by atoms with Crippen molar-refractivity contribution in [3.05, 3.63) is 74.8 Å². The fourth-order valence-electron chi connectivity index (χ4n) is 1.79. The zero-order chi connectivity index (χ0) is 13.8. The highest BCUT2D eigenvalue weighted by Gasteiger charge is 2.14. The smallest absolute Gasteiger partial charge is 0.258 e. The van der Waals surface area contributed by atoms with Gasteiger partial charge in [-0.25, -0.2) is 0 Å². The Kier molecular flexibility index (Phi) is 4.40. The standard InChI is InChI=1S/C14H11Cl2NO2/c15-13(10-4-2-1-3-5-10)8-11-6-7-12(17(18)19)9-14(11)16/h1-7,9,13H,8H2. The molecule has 0 aliphatic carbocycles. The Morgan fingerprint density at radius 3 is 2.42 bits per heavy atom. The van der Waals surface area contributed by atoms with E-state index >= 15 is 0 Å². The Bertz CT molecular complexity index is 587. The van der Waals surface area contributed by atoms with Gasteiger partial charge in [-0.2, -0.15) is 0 Å². The molecule has 0 aliphatic heterocycles. The molecule has 0 N–H and O–H groups in total. The van der Waals surface area contributed by atoms with Gasteiger partial charge in [-0.1, -0.05) is 48.0 Å². The molecule has 0 saturated heterocycles. The molecular weight excluding hydrogens is 285 g/mol. The number of halogens is 2. The van der Waals surface area contributed by atoms with Crippen LogP contribution < -0.4 is 0 Å². The van der Waals surface area contributed by atoms with Gasteiger partial charge in [0.2, 0.25) is 0 Å². The fourth-order valence-corrected chi connectivity index (χ4v) is 2.35. The molecule has 0 bridgehead atoms. The van der Waals surface area contributed by atoms with Gasteiger partial charge in [-0.05, 0) is 17.5 Å². The molecule has 0 fully saturated rings. The van der Waals surface area contributed by atoms with E-state index in [2.05, 4.69) is 0 Å². The highest BCUT2D eigenvalue weighted by molar-refractivity contribution is 6.31. The number of non-ortho nitro benzene ring substituents is 1. The molecule has 2 rings (SSSR count). The second-order valence-corrected chi connectivity index (χ2v) is 5.05. The van der Waals surface area contributed by atoms with E-state index in [0.29, 0.717) is 11.4 Å². The first-order chi connectivity index (χ1) is 9.08. The lowest BCUT2D eigenvalue weighted by molar-refractivity contribution is -0.384. The molecule has 1 atom stereocenters. The van der Waals surface area contributed by atoms with E-state index in [4.69, 9.17) is 23.2 Å². The van der Waals surface area contributed by atoms with Crippen molar-refractivity contribution in [1.82, 2.24) is 0 Å². The van der Waals surface area contributed by atoms with Crippen LogP contribution in [-0.2, 0) is 6.42 Å².